The topological polar surface area (TPSA) is 29.1 Å². The van der Waals surface area contributed by atoms with Crippen molar-refractivity contribution in [2.24, 2.45) is 0 Å². The number of hydrogen-bond donors (Lipinski definition) is 1. The maximum Gasteiger partial charge on any atom is 0.262 e. The molecule has 0 saturated carbocycles. The highest BCUT2D eigenvalue weighted by atomic mass is 32.2. The number of para-hydroxylation sites is 1. The van der Waals surface area contributed by atoms with Crippen LogP contribution in [-0.2, 0) is 4.79 Å². The fourth-order valence-electron chi connectivity index (χ4n) is 1.75. The van der Waals surface area contributed by atoms with E-state index in [1.807, 2.05) is 35.7 Å². The lowest BCUT2D eigenvalue weighted by molar-refractivity contribution is -0.112. The number of carbonyl (C=O) groups is 1. The molecular weight excluding hydrogens is 262 g/mol. The van der Waals surface area contributed by atoms with E-state index < -0.39 is 0 Å². The predicted octanol–water partition coefficient (Wildman–Crippen LogP) is 4.14. The highest BCUT2D eigenvalue weighted by Gasteiger charge is 2.20. The van der Waals surface area contributed by atoms with Crippen molar-refractivity contribution in [2.75, 3.05) is 5.32 Å². The number of rotatable bonds is 1. The number of aryl methyl sites for hydroxylation is 1. The van der Waals surface area contributed by atoms with Crippen LogP contribution in [0.1, 0.15) is 10.4 Å². The zero-order valence-electron chi connectivity index (χ0n) is 9.77. The molecule has 1 aliphatic heterocycles. The number of benzene rings is 1. The molecule has 0 bridgehead atoms. The van der Waals surface area contributed by atoms with Gasteiger partial charge in [0.05, 0.1) is 10.6 Å². The van der Waals surface area contributed by atoms with Crippen LogP contribution in [0.3, 0.4) is 0 Å². The van der Waals surface area contributed by atoms with Gasteiger partial charge in [-0.15, -0.1) is 11.3 Å². The van der Waals surface area contributed by atoms with Gasteiger partial charge in [-0.2, -0.15) is 0 Å². The van der Waals surface area contributed by atoms with Gasteiger partial charge in [-0.1, -0.05) is 23.9 Å². The van der Waals surface area contributed by atoms with Crippen LogP contribution in [0.2, 0.25) is 0 Å². The minimum Gasteiger partial charge on any atom is -0.320 e. The quantitative estimate of drug-likeness (QED) is 0.791. The molecule has 1 N–H and O–H groups in total. The van der Waals surface area contributed by atoms with Crippen molar-refractivity contribution >= 4 is 40.8 Å². The molecule has 0 spiro atoms. The van der Waals surface area contributed by atoms with Gasteiger partial charge in [-0.05, 0) is 42.1 Å². The van der Waals surface area contributed by atoms with Crippen LogP contribution in [0.5, 0.6) is 0 Å². The summed E-state index contributed by atoms with van der Waals surface area (Å²) in [6, 6.07) is 9.92. The maximum absolute atomic E-state index is 12.0. The third-order valence-corrected chi connectivity index (χ3v) is 4.81. The summed E-state index contributed by atoms with van der Waals surface area (Å²) in [6.07, 6.45) is 1.97. The summed E-state index contributed by atoms with van der Waals surface area (Å²) in [5, 5.41) is 4.96. The summed E-state index contributed by atoms with van der Waals surface area (Å²) in [4.78, 5) is 15.0. The molecule has 18 heavy (non-hydrogen) atoms. The van der Waals surface area contributed by atoms with Gasteiger partial charge >= 0.3 is 0 Å². The molecule has 0 radical (unpaired) electrons. The number of carbonyl (C=O) groups excluding carboxylic acids is 1. The second kappa shape index (κ2) is 4.63. The fraction of sp³-hybridized carbons (Fsp3) is 0.0714. The van der Waals surface area contributed by atoms with E-state index in [1.54, 1.807) is 11.3 Å². The average molecular weight is 273 g/mol. The number of amides is 1. The van der Waals surface area contributed by atoms with Crippen LogP contribution in [0.25, 0.3) is 6.08 Å². The lowest BCUT2D eigenvalue weighted by atomic mass is 10.2. The first kappa shape index (κ1) is 11.6. The normalized spacial score (nSPS) is 16.5. The van der Waals surface area contributed by atoms with E-state index in [1.165, 1.54) is 17.3 Å². The second-order valence-electron chi connectivity index (χ2n) is 4.03. The zero-order chi connectivity index (χ0) is 12.5. The molecule has 0 fully saturated rings. The molecule has 0 aliphatic carbocycles. The van der Waals surface area contributed by atoms with E-state index in [9.17, 15) is 4.79 Å². The summed E-state index contributed by atoms with van der Waals surface area (Å²) in [7, 11) is 0. The Hall–Kier alpha value is -1.52. The predicted molar refractivity (Wildman–Crippen MR) is 78.0 cm³/mol. The molecule has 4 heteroatoms. The van der Waals surface area contributed by atoms with Crippen molar-refractivity contribution < 1.29 is 4.79 Å². The molecule has 0 saturated heterocycles. The molecule has 3 rings (SSSR count). The van der Waals surface area contributed by atoms with Crippen LogP contribution in [0.15, 0.2) is 45.5 Å². The molecule has 0 atom stereocenters. The van der Waals surface area contributed by atoms with E-state index in [2.05, 4.69) is 18.3 Å². The number of fused-ring (bicyclic) bond motifs is 1. The Bertz CT molecular complexity index is 643. The summed E-state index contributed by atoms with van der Waals surface area (Å²) >= 11 is 3.18. The van der Waals surface area contributed by atoms with Crippen molar-refractivity contribution in [1.82, 2.24) is 0 Å². The van der Waals surface area contributed by atoms with Crippen molar-refractivity contribution in [3.05, 3.63) is 51.1 Å². The van der Waals surface area contributed by atoms with Gasteiger partial charge in [-0.3, -0.25) is 4.79 Å². The van der Waals surface area contributed by atoms with Gasteiger partial charge in [0.25, 0.3) is 5.91 Å². The average Bonchev–Trinajstić information content (AvgIpc) is 2.76. The van der Waals surface area contributed by atoms with Crippen LogP contribution in [-0.4, -0.2) is 5.91 Å². The Morgan fingerprint density at radius 1 is 1.22 bits per heavy atom. The van der Waals surface area contributed by atoms with Crippen molar-refractivity contribution in [1.29, 1.82) is 0 Å². The number of thioether (sulfide) groups is 1. The number of nitrogens with one attached hydrogen (secondary N) is 1. The highest BCUT2D eigenvalue weighted by Crippen LogP contribution is 2.39. The third-order valence-electron chi connectivity index (χ3n) is 2.74. The molecule has 0 unspecified atom stereocenters. The molecule has 1 aromatic carbocycles. The maximum atomic E-state index is 12.0. The summed E-state index contributed by atoms with van der Waals surface area (Å²) in [5.41, 5.74) is 2.10. The summed E-state index contributed by atoms with van der Waals surface area (Å²) in [5.74, 6) is -0.0218. The fourth-order valence-corrected chi connectivity index (χ4v) is 3.62. The molecule has 2 nitrogen and oxygen atoms in total. The van der Waals surface area contributed by atoms with Crippen molar-refractivity contribution in [2.45, 2.75) is 11.8 Å². The molecule has 1 aliphatic rings. The summed E-state index contributed by atoms with van der Waals surface area (Å²) < 4.78 is 0. The number of anilines is 1. The monoisotopic (exact) mass is 273 g/mol. The standard InChI is InChI=1S/C14H11NOS2/c1-9-6-7-17-12(9)8-13-14(16)15-10-4-2-3-5-11(10)18-13/h2-8H,1H3,(H,15,16)/b13-8-. The smallest absolute Gasteiger partial charge is 0.262 e. The Kier molecular flexibility index (Phi) is 2.97. The Labute approximate surface area is 114 Å². The molecule has 90 valence electrons. The molecule has 2 aromatic rings. The van der Waals surface area contributed by atoms with Gasteiger partial charge in [-0.25, -0.2) is 0 Å². The van der Waals surface area contributed by atoms with Gasteiger partial charge in [0, 0.05) is 9.77 Å². The van der Waals surface area contributed by atoms with Crippen LogP contribution >= 0.6 is 23.1 Å². The highest BCUT2D eigenvalue weighted by molar-refractivity contribution is 8.04. The molecule has 2 heterocycles. The van der Waals surface area contributed by atoms with Gasteiger partial charge in [0.1, 0.15) is 0 Å². The van der Waals surface area contributed by atoms with E-state index in [0.29, 0.717) is 0 Å². The largest absolute Gasteiger partial charge is 0.320 e. The molecular formula is C14H11NOS2. The van der Waals surface area contributed by atoms with Crippen LogP contribution in [0.4, 0.5) is 5.69 Å². The number of hydrogen-bond acceptors (Lipinski definition) is 3. The first-order valence-electron chi connectivity index (χ1n) is 5.58. The lowest BCUT2D eigenvalue weighted by Crippen LogP contribution is -2.16. The third kappa shape index (κ3) is 2.09. The van der Waals surface area contributed by atoms with Crippen molar-refractivity contribution in [3.63, 3.8) is 0 Å². The first-order chi connectivity index (χ1) is 8.74. The Balaban J connectivity index is 1.99. The first-order valence-corrected chi connectivity index (χ1v) is 7.28. The zero-order valence-corrected chi connectivity index (χ0v) is 11.4. The van der Waals surface area contributed by atoms with E-state index in [-0.39, 0.29) is 5.91 Å². The second-order valence-corrected chi connectivity index (χ2v) is 6.06. The molecule has 1 aromatic heterocycles. The van der Waals surface area contributed by atoms with E-state index >= 15 is 0 Å². The van der Waals surface area contributed by atoms with Gasteiger partial charge in [0.2, 0.25) is 0 Å². The molecule has 1 amide bonds. The van der Waals surface area contributed by atoms with E-state index in [4.69, 9.17) is 0 Å². The summed E-state index contributed by atoms with van der Waals surface area (Å²) in [6.45, 7) is 2.06. The minimum absolute atomic E-state index is 0.0218. The lowest BCUT2D eigenvalue weighted by Gasteiger charge is -2.18. The van der Waals surface area contributed by atoms with Gasteiger partial charge in [0.15, 0.2) is 0 Å². The van der Waals surface area contributed by atoms with Crippen LogP contribution in [0, 0.1) is 6.92 Å². The minimum atomic E-state index is -0.0218. The Morgan fingerprint density at radius 2 is 2.06 bits per heavy atom. The van der Waals surface area contributed by atoms with E-state index in [0.717, 1.165) is 20.4 Å². The number of thiophene rings is 1. The van der Waals surface area contributed by atoms with Gasteiger partial charge < -0.3 is 5.32 Å². The SMILES string of the molecule is Cc1ccsc1/C=C1\Sc2ccccc2NC1=O. The van der Waals surface area contributed by atoms with Crippen molar-refractivity contribution in [3.8, 4) is 0 Å². The van der Waals surface area contributed by atoms with Crippen LogP contribution < -0.4 is 5.32 Å². The Morgan fingerprint density at radius 3 is 2.83 bits per heavy atom.